The molecule has 0 unspecified atom stereocenters. The fraction of sp³-hybridized carbons (Fsp3) is 0.188. The molecule has 6 heteroatoms. The van der Waals surface area contributed by atoms with Crippen molar-refractivity contribution in [3.8, 4) is 0 Å². The summed E-state index contributed by atoms with van der Waals surface area (Å²) in [6, 6.07) is 10.3. The number of methoxy groups -OCH3 is 1. The molecule has 2 rings (SSSR count). The number of carbonyl (C=O) groups is 1. The Morgan fingerprint density at radius 1 is 1.05 bits per heavy atom. The van der Waals surface area contributed by atoms with Gasteiger partial charge in [-0.15, -0.1) is 0 Å². The predicted molar refractivity (Wildman–Crippen MR) is 77.2 cm³/mol. The van der Waals surface area contributed by atoms with Crippen molar-refractivity contribution in [1.82, 2.24) is 0 Å². The Kier molecular flexibility index (Phi) is 4.40. The minimum atomic E-state index is -4.43. The van der Waals surface area contributed by atoms with Gasteiger partial charge in [-0.25, -0.2) is 4.79 Å². The molecule has 0 atom stereocenters. The van der Waals surface area contributed by atoms with Gasteiger partial charge in [0.2, 0.25) is 0 Å². The second-order valence-electron chi connectivity index (χ2n) is 4.64. The maximum Gasteiger partial charge on any atom is 0.416 e. The third-order valence-corrected chi connectivity index (χ3v) is 3.24. The molecule has 0 aliphatic rings. The van der Waals surface area contributed by atoms with Gasteiger partial charge in [0.05, 0.1) is 23.9 Å². The van der Waals surface area contributed by atoms with Crippen molar-refractivity contribution < 1.29 is 22.7 Å². The van der Waals surface area contributed by atoms with Crippen LogP contribution in [0.5, 0.6) is 0 Å². The molecule has 0 spiro atoms. The molecule has 2 aromatic carbocycles. The van der Waals surface area contributed by atoms with Crippen LogP contribution in [0.3, 0.4) is 0 Å². The molecule has 0 heterocycles. The van der Waals surface area contributed by atoms with Gasteiger partial charge in [-0.2, -0.15) is 13.2 Å². The third kappa shape index (κ3) is 3.21. The molecule has 0 saturated carbocycles. The maximum atomic E-state index is 12.9. The van der Waals surface area contributed by atoms with Gasteiger partial charge in [0.1, 0.15) is 0 Å². The van der Waals surface area contributed by atoms with Crippen molar-refractivity contribution >= 4 is 17.3 Å². The van der Waals surface area contributed by atoms with Gasteiger partial charge in [-0.1, -0.05) is 18.2 Å². The summed E-state index contributed by atoms with van der Waals surface area (Å²) in [5.41, 5.74) is 0.271. The van der Waals surface area contributed by atoms with E-state index in [0.717, 1.165) is 6.07 Å². The van der Waals surface area contributed by atoms with E-state index in [1.54, 1.807) is 18.2 Å². The second kappa shape index (κ2) is 6.09. The zero-order valence-corrected chi connectivity index (χ0v) is 12.0. The number of carbonyl (C=O) groups excluding carboxylic acids is 1. The van der Waals surface area contributed by atoms with Crippen LogP contribution >= 0.6 is 0 Å². The van der Waals surface area contributed by atoms with E-state index in [0.29, 0.717) is 5.69 Å². The van der Waals surface area contributed by atoms with Crippen molar-refractivity contribution in [1.29, 1.82) is 0 Å². The Balaban J connectivity index is 2.43. The van der Waals surface area contributed by atoms with Crippen molar-refractivity contribution in [2.24, 2.45) is 0 Å². The number of hydrogen-bond donors (Lipinski definition) is 1. The van der Waals surface area contributed by atoms with Crippen LogP contribution in [0.15, 0.2) is 42.5 Å². The van der Waals surface area contributed by atoms with Crippen molar-refractivity contribution in [3.05, 3.63) is 59.2 Å². The molecule has 116 valence electrons. The average molecular weight is 309 g/mol. The molecule has 22 heavy (non-hydrogen) atoms. The number of alkyl halides is 3. The summed E-state index contributed by atoms with van der Waals surface area (Å²) in [7, 11) is 1.24. The first-order valence-corrected chi connectivity index (χ1v) is 6.45. The average Bonchev–Trinajstić information content (AvgIpc) is 2.48. The van der Waals surface area contributed by atoms with Crippen LogP contribution < -0.4 is 5.32 Å². The lowest BCUT2D eigenvalue weighted by atomic mass is 10.1. The SMILES string of the molecule is COC(=O)c1ccccc1Nc1cccc(C(F)(F)F)c1C. The van der Waals surface area contributed by atoms with Gasteiger partial charge in [-0.3, -0.25) is 0 Å². The Labute approximate surface area is 125 Å². The Hall–Kier alpha value is -2.50. The summed E-state index contributed by atoms with van der Waals surface area (Å²) in [5.74, 6) is -0.562. The number of para-hydroxylation sites is 1. The Morgan fingerprint density at radius 3 is 2.32 bits per heavy atom. The number of halogens is 3. The number of hydrogen-bond acceptors (Lipinski definition) is 3. The van der Waals surface area contributed by atoms with Crippen LogP contribution in [0.25, 0.3) is 0 Å². The minimum Gasteiger partial charge on any atom is -0.465 e. The standard InChI is InChI=1S/C16H14F3NO2/c1-10-12(16(17,18)19)7-5-9-13(10)20-14-8-4-3-6-11(14)15(21)22-2/h3-9,20H,1-2H3. The number of ether oxygens (including phenoxy) is 1. The van der Waals surface area contributed by atoms with E-state index in [9.17, 15) is 18.0 Å². The van der Waals surface area contributed by atoms with Crippen molar-refractivity contribution in [2.45, 2.75) is 13.1 Å². The number of esters is 1. The summed E-state index contributed by atoms with van der Waals surface area (Å²) >= 11 is 0. The van der Waals surface area contributed by atoms with Crippen LogP contribution in [0.2, 0.25) is 0 Å². The first kappa shape index (κ1) is 15.9. The number of rotatable bonds is 3. The molecule has 3 nitrogen and oxygen atoms in total. The monoisotopic (exact) mass is 309 g/mol. The highest BCUT2D eigenvalue weighted by atomic mass is 19.4. The van der Waals surface area contributed by atoms with Gasteiger partial charge in [0, 0.05) is 5.69 Å². The summed E-state index contributed by atoms with van der Waals surface area (Å²) in [4.78, 5) is 11.7. The van der Waals surface area contributed by atoms with E-state index >= 15 is 0 Å². The van der Waals surface area contributed by atoms with Crippen molar-refractivity contribution in [3.63, 3.8) is 0 Å². The lowest BCUT2D eigenvalue weighted by molar-refractivity contribution is -0.138. The highest BCUT2D eigenvalue weighted by molar-refractivity contribution is 5.96. The summed E-state index contributed by atoms with van der Waals surface area (Å²) in [5, 5.41) is 2.87. The molecule has 0 saturated heterocycles. The van der Waals surface area contributed by atoms with E-state index in [2.05, 4.69) is 10.1 Å². The first-order chi connectivity index (χ1) is 10.3. The number of nitrogens with one attached hydrogen (secondary N) is 1. The topological polar surface area (TPSA) is 38.3 Å². The maximum absolute atomic E-state index is 12.9. The third-order valence-electron chi connectivity index (χ3n) is 3.24. The van der Waals surface area contributed by atoms with E-state index in [4.69, 9.17) is 0 Å². The van der Waals surface area contributed by atoms with Gasteiger partial charge >= 0.3 is 12.1 Å². The Bertz CT molecular complexity index is 696. The molecular weight excluding hydrogens is 295 g/mol. The van der Waals surface area contributed by atoms with Gasteiger partial charge < -0.3 is 10.1 Å². The lowest BCUT2D eigenvalue weighted by Gasteiger charge is -2.16. The second-order valence-corrected chi connectivity index (χ2v) is 4.64. The predicted octanol–water partition coefficient (Wildman–Crippen LogP) is 4.54. The van der Waals surface area contributed by atoms with Crippen LogP contribution in [0, 0.1) is 6.92 Å². The molecular formula is C16H14F3NO2. The largest absolute Gasteiger partial charge is 0.465 e. The van der Waals surface area contributed by atoms with Crippen LogP contribution in [0.4, 0.5) is 24.5 Å². The van der Waals surface area contributed by atoms with Gasteiger partial charge in [0.25, 0.3) is 0 Å². The molecule has 0 bridgehead atoms. The normalized spacial score (nSPS) is 11.1. The molecule has 0 aromatic heterocycles. The van der Waals surface area contributed by atoms with Gasteiger partial charge in [-0.05, 0) is 36.8 Å². The van der Waals surface area contributed by atoms with E-state index < -0.39 is 17.7 Å². The highest BCUT2D eigenvalue weighted by Gasteiger charge is 2.32. The fourth-order valence-electron chi connectivity index (χ4n) is 2.10. The quantitative estimate of drug-likeness (QED) is 0.846. The molecule has 0 amide bonds. The number of anilines is 2. The zero-order valence-electron chi connectivity index (χ0n) is 12.0. The first-order valence-electron chi connectivity index (χ1n) is 6.45. The molecule has 0 radical (unpaired) electrons. The Morgan fingerprint density at radius 2 is 1.68 bits per heavy atom. The van der Waals surface area contributed by atoms with Crippen LogP contribution in [0.1, 0.15) is 21.5 Å². The molecule has 0 aliphatic carbocycles. The smallest absolute Gasteiger partial charge is 0.416 e. The number of benzene rings is 2. The molecule has 0 aliphatic heterocycles. The molecule has 1 N–H and O–H groups in total. The summed E-state index contributed by atoms with van der Waals surface area (Å²) in [6.45, 7) is 1.38. The van der Waals surface area contributed by atoms with Crippen LogP contribution in [-0.4, -0.2) is 13.1 Å². The zero-order chi connectivity index (χ0) is 16.3. The van der Waals surface area contributed by atoms with Gasteiger partial charge in [0.15, 0.2) is 0 Å². The molecule has 2 aromatic rings. The fourth-order valence-corrected chi connectivity index (χ4v) is 2.10. The summed E-state index contributed by atoms with van der Waals surface area (Å²) in [6.07, 6.45) is -4.43. The van der Waals surface area contributed by atoms with E-state index in [1.165, 1.54) is 32.2 Å². The summed E-state index contributed by atoms with van der Waals surface area (Å²) < 4.78 is 43.4. The minimum absolute atomic E-state index is 0.0645. The van der Waals surface area contributed by atoms with Crippen LogP contribution in [-0.2, 0) is 10.9 Å². The lowest BCUT2D eigenvalue weighted by Crippen LogP contribution is -2.10. The van der Waals surface area contributed by atoms with Crippen molar-refractivity contribution in [2.75, 3.05) is 12.4 Å². The van der Waals surface area contributed by atoms with E-state index in [1.807, 2.05) is 0 Å². The molecule has 0 fully saturated rings. The van der Waals surface area contributed by atoms with E-state index in [-0.39, 0.29) is 16.8 Å². The highest BCUT2D eigenvalue weighted by Crippen LogP contribution is 2.35.